The number of nitrogens with one attached hydrogen (secondary N) is 1. The zero-order valence-corrected chi connectivity index (χ0v) is 16.7. The molecule has 1 aliphatic heterocycles. The summed E-state index contributed by atoms with van der Waals surface area (Å²) in [5, 5.41) is 3.18. The molecule has 27 heavy (non-hydrogen) atoms. The van der Waals surface area contributed by atoms with Crippen molar-refractivity contribution in [3.8, 4) is 0 Å². The molecule has 1 heterocycles. The average Bonchev–Trinajstić information content (AvgIpc) is 2.68. The fourth-order valence-corrected chi connectivity index (χ4v) is 3.52. The van der Waals surface area contributed by atoms with Gasteiger partial charge in [-0.25, -0.2) is 0 Å². The van der Waals surface area contributed by atoms with Crippen LogP contribution in [0.25, 0.3) is 0 Å². The predicted molar refractivity (Wildman–Crippen MR) is 112 cm³/mol. The van der Waals surface area contributed by atoms with Gasteiger partial charge in [0.15, 0.2) is 0 Å². The lowest BCUT2D eigenvalue weighted by atomic mass is 9.87. The number of carbonyl (C=O) groups excluding carboxylic acids is 1. The Balaban J connectivity index is 1.53. The van der Waals surface area contributed by atoms with Crippen LogP contribution in [0, 0.1) is 0 Å². The molecule has 144 valence electrons. The first kappa shape index (κ1) is 19.4. The molecule has 1 fully saturated rings. The van der Waals surface area contributed by atoms with Crippen LogP contribution in [0.1, 0.15) is 55.1 Å². The molecular weight excluding hydrogens is 334 g/mol. The average molecular weight is 366 g/mol. The molecule has 0 atom stereocenters. The summed E-state index contributed by atoms with van der Waals surface area (Å²) >= 11 is 0. The van der Waals surface area contributed by atoms with Gasteiger partial charge in [-0.3, -0.25) is 4.79 Å². The maximum atomic E-state index is 12.4. The Labute approximate surface area is 162 Å². The lowest BCUT2D eigenvalue weighted by Crippen LogP contribution is -2.44. The molecule has 0 aliphatic carbocycles. The van der Waals surface area contributed by atoms with E-state index < -0.39 is 0 Å². The van der Waals surface area contributed by atoms with Crippen molar-refractivity contribution in [2.45, 2.75) is 51.6 Å². The number of nitrogens with two attached hydrogens (primary N) is 1. The highest BCUT2D eigenvalue weighted by molar-refractivity contribution is 5.94. The summed E-state index contributed by atoms with van der Waals surface area (Å²) in [6.45, 7) is 9.13. The third kappa shape index (κ3) is 4.89. The van der Waals surface area contributed by atoms with E-state index in [0.717, 1.165) is 31.5 Å². The molecule has 0 unspecified atom stereocenters. The fourth-order valence-electron chi connectivity index (χ4n) is 3.52. The Morgan fingerprint density at radius 1 is 1.04 bits per heavy atom. The minimum Gasteiger partial charge on any atom is -0.371 e. The SMILES string of the molecule is CC(C)(C)c1ccc(N2CCC(NC(=O)c3ccc(CN)cc3)CC2)cc1. The molecule has 0 saturated carbocycles. The van der Waals surface area contributed by atoms with Gasteiger partial charge < -0.3 is 16.0 Å². The molecule has 1 amide bonds. The number of rotatable bonds is 4. The maximum absolute atomic E-state index is 12.4. The Kier molecular flexibility index (Phi) is 5.85. The largest absolute Gasteiger partial charge is 0.371 e. The molecule has 2 aromatic carbocycles. The van der Waals surface area contributed by atoms with E-state index in [2.05, 4.69) is 55.3 Å². The van der Waals surface area contributed by atoms with E-state index in [4.69, 9.17) is 5.73 Å². The van der Waals surface area contributed by atoms with E-state index >= 15 is 0 Å². The van der Waals surface area contributed by atoms with Crippen molar-refractivity contribution in [3.05, 3.63) is 65.2 Å². The lowest BCUT2D eigenvalue weighted by molar-refractivity contribution is 0.0931. The topological polar surface area (TPSA) is 58.4 Å². The first-order chi connectivity index (χ1) is 12.9. The molecule has 0 spiro atoms. The zero-order chi connectivity index (χ0) is 19.4. The highest BCUT2D eigenvalue weighted by Gasteiger charge is 2.22. The van der Waals surface area contributed by atoms with Gasteiger partial charge in [0.25, 0.3) is 5.91 Å². The second-order valence-corrected chi connectivity index (χ2v) is 8.43. The van der Waals surface area contributed by atoms with Gasteiger partial charge in [0.05, 0.1) is 0 Å². The standard InChI is InChI=1S/C23H31N3O/c1-23(2,3)19-8-10-21(11-9-19)26-14-12-20(13-15-26)25-22(27)18-6-4-17(16-24)5-7-18/h4-11,20H,12-16,24H2,1-3H3,(H,25,27). The number of anilines is 1. The molecular formula is C23H31N3O. The summed E-state index contributed by atoms with van der Waals surface area (Å²) in [7, 11) is 0. The van der Waals surface area contributed by atoms with Gasteiger partial charge >= 0.3 is 0 Å². The Morgan fingerprint density at radius 3 is 2.15 bits per heavy atom. The van der Waals surface area contributed by atoms with E-state index in [1.807, 2.05) is 24.3 Å². The van der Waals surface area contributed by atoms with Crippen LogP contribution in [0.5, 0.6) is 0 Å². The van der Waals surface area contributed by atoms with E-state index in [0.29, 0.717) is 12.1 Å². The molecule has 0 aromatic heterocycles. The molecule has 1 saturated heterocycles. The predicted octanol–water partition coefficient (Wildman–Crippen LogP) is 3.84. The van der Waals surface area contributed by atoms with Crippen LogP contribution in [0.4, 0.5) is 5.69 Å². The second-order valence-electron chi connectivity index (χ2n) is 8.43. The number of carbonyl (C=O) groups is 1. The lowest BCUT2D eigenvalue weighted by Gasteiger charge is -2.34. The van der Waals surface area contributed by atoms with Gasteiger partial charge in [0.1, 0.15) is 0 Å². The summed E-state index contributed by atoms with van der Waals surface area (Å²) in [6, 6.07) is 16.7. The normalized spacial score (nSPS) is 15.6. The quantitative estimate of drug-likeness (QED) is 0.865. The Morgan fingerprint density at radius 2 is 1.63 bits per heavy atom. The minimum absolute atomic E-state index is 0.00607. The van der Waals surface area contributed by atoms with Crippen LogP contribution in [-0.2, 0) is 12.0 Å². The maximum Gasteiger partial charge on any atom is 0.251 e. The highest BCUT2D eigenvalue weighted by atomic mass is 16.1. The third-order valence-electron chi connectivity index (χ3n) is 5.38. The van der Waals surface area contributed by atoms with E-state index in [1.54, 1.807) is 0 Å². The van der Waals surface area contributed by atoms with Gasteiger partial charge in [-0.1, -0.05) is 45.0 Å². The smallest absolute Gasteiger partial charge is 0.251 e. The number of benzene rings is 2. The van der Waals surface area contributed by atoms with Crippen molar-refractivity contribution < 1.29 is 4.79 Å². The minimum atomic E-state index is 0.00607. The van der Waals surface area contributed by atoms with Gasteiger partial charge in [-0.15, -0.1) is 0 Å². The van der Waals surface area contributed by atoms with E-state index in [1.165, 1.54) is 11.3 Å². The summed E-state index contributed by atoms with van der Waals surface area (Å²) in [4.78, 5) is 14.8. The van der Waals surface area contributed by atoms with Crippen LogP contribution < -0.4 is 16.0 Å². The van der Waals surface area contributed by atoms with Crippen molar-refractivity contribution in [3.63, 3.8) is 0 Å². The monoisotopic (exact) mass is 365 g/mol. The van der Waals surface area contributed by atoms with Crippen molar-refractivity contribution in [1.82, 2.24) is 5.32 Å². The molecule has 0 radical (unpaired) electrons. The first-order valence-electron chi connectivity index (χ1n) is 9.82. The summed E-state index contributed by atoms with van der Waals surface area (Å²) in [6.07, 6.45) is 1.93. The molecule has 1 aliphatic rings. The van der Waals surface area contributed by atoms with Crippen molar-refractivity contribution in [2.75, 3.05) is 18.0 Å². The van der Waals surface area contributed by atoms with Crippen LogP contribution in [-0.4, -0.2) is 25.0 Å². The van der Waals surface area contributed by atoms with Gasteiger partial charge in [-0.2, -0.15) is 0 Å². The number of nitrogens with zero attached hydrogens (tertiary/aromatic N) is 1. The fraction of sp³-hybridized carbons (Fsp3) is 0.435. The van der Waals surface area contributed by atoms with Crippen LogP contribution in [0.15, 0.2) is 48.5 Å². The number of amides is 1. The van der Waals surface area contributed by atoms with Crippen molar-refractivity contribution in [2.24, 2.45) is 5.73 Å². The number of hydrogen-bond donors (Lipinski definition) is 2. The Bertz CT molecular complexity index is 752. The molecule has 2 aromatic rings. The third-order valence-corrected chi connectivity index (χ3v) is 5.38. The summed E-state index contributed by atoms with van der Waals surface area (Å²) in [5.41, 5.74) is 10.2. The highest BCUT2D eigenvalue weighted by Crippen LogP contribution is 2.26. The summed E-state index contributed by atoms with van der Waals surface area (Å²) < 4.78 is 0. The molecule has 3 rings (SSSR count). The molecule has 3 N–H and O–H groups in total. The van der Waals surface area contributed by atoms with Gasteiger partial charge in [0.2, 0.25) is 0 Å². The van der Waals surface area contributed by atoms with Crippen molar-refractivity contribution >= 4 is 11.6 Å². The molecule has 4 nitrogen and oxygen atoms in total. The Hall–Kier alpha value is -2.33. The number of hydrogen-bond acceptors (Lipinski definition) is 3. The van der Waals surface area contributed by atoms with Crippen LogP contribution in [0.2, 0.25) is 0 Å². The van der Waals surface area contributed by atoms with Gasteiger partial charge in [-0.05, 0) is 53.6 Å². The number of piperidine rings is 1. The molecule has 0 bridgehead atoms. The van der Waals surface area contributed by atoms with E-state index in [9.17, 15) is 4.79 Å². The van der Waals surface area contributed by atoms with Crippen LogP contribution >= 0.6 is 0 Å². The second kappa shape index (κ2) is 8.13. The van der Waals surface area contributed by atoms with Crippen molar-refractivity contribution in [1.29, 1.82) is 0 Å². The van der Waals surface area contributed by atoms with Gasteiger partial charge in [0, 0.05) is 36.9 Å². The molecule has 4 heteroatoms. The summed E-state index contributed by atoms with van der Waals surface area (Å²) in [5.74, 6) is 0.00607. The zero-order valence-electron chi connectivity index (χ0n) is 16.7. The first-order valence-corrected chi connectivity index (χ1v) is 9.82. The van der Waals surface area contributed by atoms with E-state index in [-0.39, 0.29) is 17.4 Å². The van der Waals surface area contributed by atoms with Crippen LogP contribution in [0.3, 0.4) is 0 Å².